The van der Waals surface area contributed by atoms with Gasteiger partial charge in [0.2, 0.25) is 5.91 Å². The Morgan fingerprint density at radius 3 is 2.94 bits per heavy atom. The van der Waals surface area contributed by atoms with E-state index < -0.39 is 0 Å². The molecule has 5 heteroatoms. The maximum absolute atomic E-state index is 11.6. The molecule has 1 aromatic rings. The van der Waals surface area contributed by atoms with Gasteiger partial charge in [0.1, 0.15) is 0 Å². The normalized spacial score (nSPS) is 17.5. The molecule has 1 amide bonds. The summed E-state index contributed by atoms with van der Waals surface area (Å²) in [5, 5.41) is 7.01. The van der Waals surface area contributed by atoms with Crippen molar-refractivity contribution in [2.24, 2.45) is 5.73 Å². The first-order valence-corrected chi connectivity index (χ1v) is 6.21. The lowest BCUT2D eigenvalue weighted by molar-refractivity contribution is -0.123. The second-order valence-electron chi connectivity index (χ2n) is 4.87. The van der Waals surface area contributed by atoms with E-state index in [-0.39, 0.29) is 11.4 Å². The third kappa shape index (κ3) is 3.56. The Bertz CT molecular complexity index is 357. The molecule has 5 nitrogen and oxygen atoms in total. The molecular formula is C12H20N4O. The highest BCUT2D eigenvalue weighted by Gasteiger charge is 2.34. The summed E-state index contributed by atoms with van der Waals surface area (Å²) in [5.74, 6) is 0.0765. The van der Waals surface area contributed by atoms with Crippen molar-refractivity contribution in [1.82, 2.24) is 15.1 Å². The molecular weight excluding hydrogens is 216 g/mol. The summed E-state index contributed by atoms with van der Waals surface area (Å²) in [4.78, 5) is 11.6. The fourth-order valence-electron chi connectivity index (χ4n) is 2.09. The van der Waals surface area contributed by atoms with Crippen LogP contribution in [0.1, 0.15) is 32.1 Å². The average molecular weight is 236 g/mol. The van der Waals surface area contributed by atoms with Crippen LogP contribution in [0.3, 0.4) is 0 Å². The predicted octanol–water partition coefficient (Wildman–Crippen LogP) is 0.661. The van der Waals surface area contributed by atoms with Gasteiger partial charge >= 0.3 is 0 Å². The predicted molar refractivity (Wildman–Crippen MR) is 65.2 cm³/mol. The van der Waals surface area contributed by atoms with Crippen LogP contribution in [0.2, 0.25) is 0 Å². The van der Waals surface area contributed by atoms with Gasteiger partial charge in [0.05, 0.1) is 0 Å². The molecule has 1 aromatic heterocycles. The first-order chi connectivity index (χ1) is 8.18. The average Bonchev–Trinajstić information content (AvgIpc) is 2.75. The number of nitrogens with one attached hydrogen (secondary N) is 1. The van der Waals surface area contributed by atoms with Gasteiger partial charge in [-0.25, -0.2) is 0 Å². The minimum atomic E-state index is -0.216. The Morgan fingerprint density at radius 1 is 1.53 bits per heavy atom. The Morgan fingerprint density at radius 2 is 2.35 bits per heavy atom. The number of carbonyl (C=O) groups excluding carboxylic acids is 1. The number of hydrogen-bond donors (Lipinski definition) is 2. The molecule has 0 radical (unpaired) electrons. The Balaban J connectivity index is 1.57. The molecule has 94 valence electrons. The van der Waals surface area contributed by atoms with Crippen LogP contribution < -0.4 is 11.1 Å². The van der Waals surface area contributed by atoms with E-state index in [2.05, 4.69) is 10.4 Å². The van der Waals surface area contributed by atoms with Crippen LogP contribution in [0.15, 0.2) is 18.5 Å². The van der Waals surface area contributed by atoms with Crippen LogP contribution in [0.25, 0.3) is 0 Å². The van der Waals surface area contributed by atoms with Crippen molar-refractivity contribution in [2.45, 2.75) is 44.2 Å². The number of hydrogen-bond acceptors (Lipinski definition) is 3. The molecule has 1 heterocycles. The molecule has 0 bridgehead atoms. The van der Waals surface area contributed by atoms with Crippen LogP contribution in [0, 0.1) is 0 Å². The molecule has 0 aliphatic heterocycles. The largest absolute Gasteiger partial charge is 0.356 e. The topological polar surface area (TPSA) is 72.9 Å². The lowest BCUT2D eigenvalue weighted by atomic mass is 9.75. The lowest BCUT2D eigenvalue weighted by Gasteiger charge is -2.37. The molecule has 1 saturated carbocycles. The van der Waals surface area contributed by atoms with Crippen molar-refractivity contribution in [3.05, 3.63) is 18.5 Å². The van der Waals surface area contributed by atoms with Crippen LogP contribution in [0.5, 0.6) is 0 Å². The molecule has 1 aliphatic rings. The van der Waals surface area contributed by atoms with Gasteiger partial charge in [-0.05, 0) is 31.7 Å². The van der Waals surface area contributed by atoms with E-state index in [1.807, 2.05) is 16.9 Å². The molecule has 0 saturated heterocycles. The van der Waals surface area contributed by atoms with Crippen molar-refractivity contribution in [3.63, 3.8) is 0 Å². The van der Waals surface area contributed by atoms with Crippen molar-refractivity contribution >= 4 is 5.91 Å². The number of nitrogens with two attached hydrogens (primary N) is 1. The van der Waals surface area contributed by atoms with E-state index in [0.29, 0.717) is 13.0 Å². The maximum atomic E-state index is 11.6. The van der Waals surface area contributed by atoms with Crippen molar-refractivity contribution < 1.29 is 4.79 Å². The second kappa shape index (κ2) is 5.31. The van der Waals surface area contributed by atoms with Gasteiger partial charge in [0, 0.05) is 37.4 Å². The van der Waals surface area contributed by atoms with E-state index in [1.165, 1.54) is 0 Å². The first-order valence-electron chi connectivity index (χ1n) is 6.21. The zero-order valence-electron chi connectivity index (χ0n) is 10.1. The molecule has 0 aromatic carbocycles. The number of nitrogens with zero attached hydrogens (tertiary/aromatic N) is 2. The van der Waals surface area contributed by atoms with E-state index in [1.54, 1.807) is 6.20 Å². The minimum Gasteiger partial charge on any atom is -0.356 e. The van der Waals surface area contributed by atoms with E-state index >= 15 is 0 Å². The third-order valence-corrected chi connectivity index (χ3v) is 3.31. The number of rotatable bonds is 6. The Kier molecular flexibility index (Phi) is 3.78. The maximum Gasteiger partial charge on any atom is 0.221 e. The molecule has 17 heavy (non-hydrogen) atoms. The lowest BCUT2D eigenvalue weighted by Crippen LogP contribution is -2.50. The summed E-state index contributed by atoms with van der Waals surface area (Å²) < 4.78 is 1.86. The van der Waals surface area contributed by atoms with Crippen LogP contribution in [-0.4, -0.2) is 27.8 Å². The van der Waals surface area contributed by atoms with Crippen LogP contribution >= 0.6 is 0 Å². The van der Waals surface area contributed by atoms with Crippen molar-refractivity contribution in [1.29, 1.82) is 0 Å². The number of carbonyl (C=O) groups is 1. The second-order valence-corrected chi connectivity index (χ2v) is 4.87. The quantitative estimate of drug-likeness (QED) is 0.713. The van der Waals surface area contributed by atoms with E-state index in [4.69, 9.17) is 5.73 Å². The van der Waals surface area contributed by atoms with Gasteiger partial charge in [-0.3, -0.25) is 9.48 Å². The monoisotopic (exact) mass is 236 g/mol. The Hall–Kier alpha value is -1.36. The van der Waals surface area contributed by atoms with Gasteiger partial charge in [-0.2, -0.15) is 5.10 Å². The standard InChI is InChI=1S/C12H20N4O/c13-12(4-1-5-12)10-11(17)14-6-2-8-16-9-3-7-15-16/h3,7,9H,1-2,4-6,8,10,13H2,(H,14,17). The molecule has 0 unspecified atom stereocenters. The van der Waals surface area contributed by atoms with E-state index in [9.17, 15) is 4.79 Å². The smallest absolute Gasteiger partial charge is 0.221 e. The van der Waals surface area contributed by atoms with Gasteiger partial charge in [-0.1, -0.05) is 0 Å². The first kappa shape index (κ1) is 12.1. The summed E-state index contributed by atoms with van der Waals surface area (Å²) in [5.41, 5.74) is 5.79. The number of aryl methyl sites for hydroxylation is 1. The van der Waals surface area contributed by atoms with Gasteiger partial charge in [0.25, 0.3) is 0 Å². The highest BCUT2D eigenvalue weighted by atomic mass is 16.1. The molecule has 2 rings (SSSR count). The summed E-state index contributed by atoms with van der Waals surface area (Å²) in [7, 11) is 0. The van der Waals surface area contributed by atoms with Crippen LogP contribution in [0.4, 0.5) is 0 Å². The van der Waals surface area contributed by atoms with E-state index in [0.717, 1.165) is 32.2 Å². The SMILES string of the molecule is NC1(CC(=O)NCCCn2cccn2)CCC1. The summed E-state index contributed by atoms with van der Waals surface area (Å²) in [6.07, 6.45) is 8.16. The number of amides is 1. The van der Waals surface area contributed by atoms with Gasteiger partial charge < -0.3 is 11.1 Å². The van der Waals surface area contributed by atoms with Crippen molar-refractivity contribution in [2.75, 3.05) is 6.54 Å². The van der Waals surface area contributed by atoms with Gasteiger partial charge in [0.15, 0.2) is 0 Å². The fourth-order valence-corrected chi connectivity index (χ4v) is 2.09. The summed E-state index contributed by atoms with van der Waals surface area (Å²) in [6, 6.07) is 1.90. The molecule has 0 spiro atoms. The highest BCUT2D eigenvalue weighted by Crippen LogP contribution is 2.31. The van der Waals surface area contributed by atoms with Gasteiger partial charge in [-0.15, -0.1) is 0 Å². The minimum absolute atomic E-state index is 0.0765. The Labute approximate surface area is 101 Å². The summed E-state index contributed by atoms with van der Waals surface area (Å²) in [6.45, 7) is 1.52. The molecule has 1 aliphatic carbocycles. The third-order valence-electron chi connectivity index (χ3n) is 3.31. The molecule has 1 fully saturated rings. The van der Waals surface area contributed by atoms with Crippen molar-refractivity contribution in [3.8, 4) is 0 Å². The molecule has 3 N–H and O–H groups in total. The number of aromatic nitrogens is 2. The zero-order valence-corrected chi connectivity index (χ0v) is 10.1. The zero-order chi connectivity index (χ0) is 12.1. The van der Waals surface area contributed by atoms with Crippen LogP contribution in [-0.2, 0) is 11.3 Å². The summed E-state index contributed by atoms with van der Waals surface area (Å²) >= 11 is 0. The highest BCUT2D eigenvalue weighted by molar-refractivity contribution is 5.77. The molecule has 0 atom stereocenters. The fraction of sp³-hybridized carbons (Fsp3) is 0.667.